The molecule has 0 saturated heterocycles. The first kappa shape index (κ1) is 20.9. The van der Waals surface area contributed by atoms with E-state index >= 15 is 0 Å². The third-order valence-electron chi connectivity index (χ3n) is 4.92. The smallest absolute Gasteiger partial charge is 0.203 e. The van der Waals surface area contributed by atoms with Gasteiger partial charge in [-0.15, -0.1) is 0 Å². The highest BCUT2D eigenvalue weighted by Crippen LogP contribution is 2.27. The van der Waals surface area contributed by atoms with Gasteiger partial charge in [0.2, 0.25) is 5.95 Å². The summed E-state index contributed by atoms with van der Waals surface area (Å²) in [5.41, 5.74) is 3.75. The number of nitrogens with zero attached hydrogens (tertiary/aromatic N) is 3. The lowest BCUT2D eigenvalue weighted by molar-refractivity contribution is -0.116. The molecule has 0 fully saturated rings. The van der Waals surface area contributed by atoms with Crippen LogP contribution in [0.25, 0.3) is 11.0 Å². The second-order valence-corrected chi connectivity index (χ2v) is 7.85. The van der Waals surface area contributed by atoms with Gasteiger partial charge in [0, 0.05) is 43.4 Å². The van der Waals surface area contributed by atoms with Crippen molar-refractivity contribution in [3.63, 3.8) is 0 Å². The lowest BCUT2D eigenvalue weighted by Gasteiger charge is -2.07. The summed E-state index contributed by atoms with van der Waals surface area (Å²) in [6.07, 6.45) is 2.82. The van der Waals surface area contributed by atoms with E-state index in [1.807, 2.05) is 54.1 Å². The molecule has 2 aromatic carbocycles. The Morgan fingerprint density at radius 2 is 1.87 bits per heavy atom. The molecular weight excluding hydrogens is 412 g/mol. The van der Waals surface area contributed by atoms with Crippen LogP contribution in [-0.4, -0.2) is 26.9 Å². The van der Waals surface area contributed by atoms with E-state index in [1.54, 1.807) is 25.3 Å². The number of hydrogen-bond donors (Lipinski definition) is 1. The number of fused-ring (bicyclic) bond motifs is 1. The minimum Gasteiger partial charge on any atom is -0.457 e. The molecule has 0 spiro atoms. The highest BCUT2D eigenvalue weighted by Gasteiger charge is 2.10. The van der Waals surface area contributed by atoms with Crippen molar-refractivity contribution in [2.75, 3.05) is 11.9 Å². The fraction of sp³-hybridized carbons (Fsp3) is 0.208. The van der Waals surface area contributed by atoms with Gasteiger partial charge in [0.25, 0.3) is 0 Å². The first-order valence-corrected chi connectivity index (χ1v) is 10.4. The molecule has 0 radical (unpaired) electrons. The molecule has 0 unspecified atom stereocenters. The average Bonchev–Trinajstić information content (AvgIpc) is 3.04. The Hall–Kier alpha value is -3.38. The van der Waals surface area contributed by atoms with Gasteiger partial charge in [0.05, 0.1) is 16.7 Å². The van der Waals surface area contributed by atoms with Crippen LogP contribution in [0.15, 0.2) is 60.8 Å². The Morgan fingerprint density at radius 3 is 2.65 bits per heavy atom. The second kappa shape index (κ2) is 9.18. The molecular formula is C24H23ClN4O2. The molecule has 0 aliphatic rings. The van der Waals surface area contributed by atoms with E-state index in [4.69, 9.17) is 21.3 Å². The highest BCUT2D eigenvalue weighted by molar-refractivity contribution is 6.30. The van der Waals surface area contributed by atoms with Crippen molar-refractivity contribution in [2.45, 2.75) is 19.8 Å². The number of halogens is 1. The number of imidazole rings is 1. The van der Waals surface area contributed by atoms with Crippen molar-refractivity contribution in [2.24, 2.45) is 7.05 Å². The maximum atomic E-state index is 11.3. The minimum absolute atomic E-state index is 0.0654. The molecule has 0 atom stereocenters. The summed E-state index contributed by atoms with van der Waals surface area (Å²) in [4.78, 5) is 20.2. The highest BCUT2D eigenvalue weighted by atomic mass is 35.5. The van der Waals surface area contributed by atoms with E-state index in [0.717, 1.165) is 35.0 Å². The molecule has 6 nitrogen and oxygen atoms in total. The largest absolute Gasteiger partial charge is 0.457 e. The van der Waals surface area contributed by atoms with Crippen molar-refractivity contribution in [1.29, 1.82) is 0 Å². The number of nitrogens with one attached hydrogen (secondary N) is 1. The number of aromatic nitrogens is 3. The van der Waals surface area contributed by atoms with Crippen LogP contribution in [0.2, 0.25) is 5.02 Å². The predicted molar refractivity (Wildman–Crippen MR) is 123 cm³/mol. The molecule has 158 valence electrons. The summed E-state index contributed by atoms with van der Waals surface area (Å²) >= 11 is 5.94. The maximum absolute atomic E-state index is 11.3. The van der Waals surface area contributed by atoms with Gasteiger partial charge >= 0.3 is 0 Å². The van der Waals surface area contributed by atoms with E-state index in [-0.39, 0.29) is 5.78 Å². The molecule has 0 amide bonds. The SMILES string of the molecule is CC(=O)Cc1cc(Oc2ccc3c(c2)nc(NCCc2ccc(Cl)cc2)n3C)ccn1. The number of pyridine rings is 1. The number of hydrogen-bond acceptors (Lipinski definition) is 5. The fourth-order valence-electron chi connectivity index (χ4n) is 3.38. The molecule has 31 heavy (non-hydrogen) atoms. The minimum atomic E-state index is 0.0654. The van der Waals surface area contributed by atoms with Gasteiger partial charge in [-0.05, 0) is 49.2 Å². The van der Waals surface area contributed by atoms with Crippen molar-refractivity contribution in [1.82, 2.24) is 14.5 Å². The summed E-state index contributed by atoms with van der Waals surface area (Å²) in [5.74, 6) is 2.19. The number of ether oxygens (including phenoxy) is 1. The Balaban J connectivity index is 1.45. The van der Waals surface area contributed by atoms with Gasteiger partial charge in [-0.2, -0.15) is 0 Å². The van der Waals surface area contributed by atoms with E-state index in [0.29, 0.717) is 23.6 Å². The lowest BCUT2D eigenvalue weighted by atomic mass is 10.1. The zero-order chi connectivity index (χ0) is 21.8. The van der Waals surface area contributed by atoms with E-state index in [2.05, 4.69) is 10.3 Å². The molecule has 2 heterocycles. The summed E-state index contributed by atoms with van der Waals surface area (Å²) in [6, 6.07) is 17.2. The molecule has 0 bridgehead atoms. The van der Waals surface area contributed by atoms with Gasteiger partial charge in [-0.3, -0.25) is 9.78 Å². The molecule has 0 saturated carbocycles. The zero-order valence-electron chi connectivity index (χ0n) is 17.4. The van der Waals surface area contributed by atoms with Crippen molar-refractivity contribution in [3.8, 4) is 11.5 Å². The van der Waals surface area contributed by atoms with Gasteiger partial charge in [0.15, 0.2) is 0 Å². The number of carbonyl (C=O) groups excluding carboxylic acids is 1. The van der Waals surface area contributed by atoms with Gasteiger partial charge in [-0.1, -0.05) is 23.7 Å². The molecule has 2 aromatic heterocycles. The Morgan fingerprint density at radius 1 is 1.10 bits per heavy atom. The molecule has 0 aliphatic carbocycles. The Kier molecular flexibility index (Phi) is 6.18. The summed E-state index contributed by atoms with van der Waals surface area (Å²) < 4.78 is 8.00. The number of rotatable bonds is 8. The monoisotopic (exact) mass is 434 g/mol. The Labute approximate surface area is 185 Å². The summed E-state index contributed by atoms with van der Waals surface area (Å²) in [5, 5.41) is 4.14. The standard InChI is InChI=1S/C24H23ClN4O2/c1-16(30)13-19-14-21(10-12-26-19)31-20-7-8-23-22(15-20)28-24(29(23)2)27-11-9-17-3-5-18(25)6-4-17/h3-8,10,12,14-15H,9,11,13H2,1-2H3,(H,27,28). The van der Waals surface area contributed by atoms with Crippen LogP contribution in [0, 0.1) is 0 Å². The Bertz CT molecular complexity index is 1220. The van der Waals surface area contributed by atoms with Gasteiger partial charge < -0.3 is 14.6 Å². The van der Waals surface area contributed by atoms with Crippen LogP contribution in [-0.2, 0) is 24.7 Å². The van der Waals surface area contributed by atoms with Crippen LogP contribution < -0.4 is 10.1 Å². The quantitative estimate of drug-likeness (QED) is 0.412. The number of benzene rings is 2. The van der Waals surface area contributed by atoms with Crippen molar-refractivity contribution in [3.05, 3.63) is 77.1 Å². The average molecular weight is 435 g/mol. The summed E-state index contributed by atoms with van der Waals surface area (Å²) in [6.45, 7) is 2.31. The van der Waals surface area contributed by atoms with Crippen LogP contribution in [0.3, 0.4) is 0 Å². The van der Waals surface area contributed by atoms with Gasteiger partial charge in [0.1, 0.15) is 17.3 Å². The van der Waals surface area contributed by atoms with E-state index < -0.39 is 0 Å². The molecule has 1 N–H and O–H groups in total. The third-order valence-corrected chi connectivity index (χ3v) is 5.17. The third kappa shape index (κ3) is 5.22. The van der Waals surface area contributed by atoms with Crippen LogP contribution >= 0.6 is 11.6 Å². The second-order valence-electron chi connectivity index (χ2n) is 7.41. The number of ketones is 1. The number of Topliss-reactive ketones (excluding diaryl/α,β-unsaturated/α-hetero) is 1. The van der Waals surface area contributed by atoms with Crippen LogP contribution in [0.1, 0.15) is 18.2 Å². The molecule has 0 aliphatic heterocycles. The zero-order valence-corrected chi connectivity index (χ0v) is 18.2. The topological polar surface area (TPSA) is 69.0 Å². The lowest BCUT2D eigenvalue weighted by Crippen LogP contribution is -2.08. The first-order valence-electron chi connectivity index (χ1n) is 10.0. The number of carbonyl (C=O) groups is 1. The molecule has 7 heteroatoms. The van der Waals surface area contributed by atoms with E-state index in [1.165, 1.54) is 5.56 Å². The normalized spacial score (nSPS) is 10.9. The fourth-order valence-corrected chi connectivity index (χ4v) is 3.50. The molecule has 4 aromatic rings. The summed E-state index contributed by atoms with van der Waals surface area (Å²) in [7, 11) is 1.98. The van der Waals surface area contributed by atoms with Crippen molar-refractivity contribution < 1.29 is 9.53 Å². The van der Waals surface area contributed by atoms with E-state index in [9.17, 15) is 4.79 Å². The van der Waals surface area contributed by atoms with Crippen LogP contribution in [0.5, 0.6) is 11.5 Å². The molecule has 4 rings (SSSR count). The number of anilines is 1. The van der Waals surface area contributed by atoms with Crippen molar-refractivity contribution >= 4 is 34.4 Å². The first-order chi connectivity index (χ1) is 15.0. The van der Waals surface area contributed by atoms with Crippen LogP contribution in [0.4, 0.5) is 5.95 Å². The van der Waals surface area contributed by atoms with Gasteiger partial charge in [-0.25, -0.2) is 4.98 Å². The predicted octanol–water partition coefficient (Wildman–Crippen LogP) is 5.20. The maximum Gasteiger partial charge on any atom is 0.203 e. The number of aryl methyl sites for hydroxylation is 1.